The summed E-state index contributed by atoms with van der Waals surface area (Å²) in [7, 11) is 0. The first-order valence-electron chi connectivity index (χ1n) is 8.25. The van der Waals surface area contributed by atoms with E-state index in [0.29, 0.717) is 0 Å². The van der Waals surface area contributed by atoms with Gasteiger partial charge in [-0.25, -0.2) is 4.98 Å². The average molecular weight is 309 g/mol. The van der Waals surface area contributed by atoms with Gasteiger partial charge < -0.3 is 0 Å². The Labute approximate surface area is 142 Å². The Morgan fingerprint density at radius 3 is 2.21 bits per heavy atom. The van der Waals surface area contributed by atoms with Gasteiger partial charge in [0.25, 0.3) is 0 Å². The van der Waals surface area contributed by atoms with Crippen molar-refractivity contribution in [3.05, 3.63) is 90.0 Å². The van der Waals surface area contributed by atoms with Crippen LogP contribution < -0.4 is 0 Å². The van der Waals surface area contributed by atoms with E-state index in [1.54, 1.807) is 0 Å². The van der Waals surface area contributed by atoms with Crippen LogP contribution in [0.1, 0.15) is 11.1 Å². The van der Waals surface area contributed by atoms with Gasteiger partial charge in [0, 0.05) is 16.5 Å². The van der Waals surface area contributed by atoms with Gasteiger partial charge in [-0.15, -0.1) is 0 Å². The van der Waals surface area contributed by atoms with Crippen LogP contribution in [-0.2, 0) is 0 Å². The molecule has 0 unspecified atom stereocenters. The van der Waals surface area contributed by atoms with Crippen LogP contribution in [0.3, 0.4) is 0 Å². The van der Waals surface area contributed by atoms with Crippen molar-refractivity contribution in [2.24, 2.45) is 0 Å². The predicted molar refractivity (Wildman–Crippen MR) is 102 cm³/mol. The van der Waals surface area contributed by atoms with E-state index in [0.717, 1.165) is 17.0 Å². The van der Waals surface area contributed by atoms with Gasteiger partial charge in [-0.3, -0.25) is 0 Å². The van der Waals surface area contributed by atoms with Gasteiger partial charge in [-0.1, -0.05) is 78.4 Å². The molecule has 0 atom stereocenters. The quantitative estimate of drug-likeness (QED) is 0.430. The van der Waals surface area contributed by atoms with Crippen molar-refractivity contribution in [3.8, 4) is 22.5 Å². The SMILES string of the molecule is Cc1ccc(-c2nc(-c3ccccc3C)cc3ccccc23)cc1. The van der Waals surface area contributed by atoms with E-state index in [-0.39, 0.29) is 0 Å². The summed E-state index contributed by atoms with van der Waals surface area (Å²) in [6.07, 6.45) is 0. The standard InChI is InChI=1S/C23H19N/c1-16-11-13-18(14-12-16)23-21-10-6-4-8-19(21)15-22(24-23)20-9-5-3-7-17(20)2/h3-15H,1-2H3. The fraction of sp³-hybridized carbons (Fsp3) is 0.0870. The second-order valence-electron chi connectivity index (χ2n) is 6.26. The third kappa shape index (κ3) is 2.59. The van der Waals surface area contributed by atoms with Gasteiger partial charge in [0.05, 0.1) is 11.4 Å². The van der Waals surface area contributed by atoms with Crippen molar-refractivity contribution < 1.29 is 0 Å². The molecule has 1 heterocycles. The summed E-state index contributed by atoms with van der Waals surface area (Å²) in [4.78, 5) is 5.03. The highest BCUT2D eigenvalue weighted by molar-refractivity contribution is 5.97. The Kier molecular flexibility index (Phi) is 3.62. The zero-order valence-electron chi connectivity index (χ0n) is 14.0. The van der Waals surface area contributed by atoms with Crippen molar-refractivity contribution >= 4 is 10.8 Å². The Bertz CT molecular complexity index is 1010. The van der Waals surface area contributed by atoms with Crippen molar-refractivity contribution in [2.45, 2.75) is 13.8 Å². The van der Waals surface area contributed by atoms with Crippen LogP contribution in [0.4, 0.5) is 0 Å². The van der Waals surface area contributed by atoms with Gasteiger partial charge in [-0.05, 0) is 30.9 Å². The molecule has 0 bridgehead atoms. The molecule has 0 saturated heterocycles. The van der Waals surface area contributed by atoms with Gasteiger partial charge in [-0.2, -0.15) is 0 Å². The molecule has 3 aromatic carbocycles. The first kappa shape index (κ1) is 14.6. The maximum absolute atomic E-state index is 5.03. The van der Waals surface area contributed by atoms with Crippen LogP contribution >= 0.6 is 0 Å². The van der Waals surface area contributed by atoms with Crippen LogP contribution in [0.5, 0.6) is 0 Å². The molecule has 0 saturated carbocycles. The molecule has 1 nitrogen and oxygen atoms in total. The van der Waals surface area contributed by atoms with Crippen molar-refractivity contribution in [1.29, 1.82) is 0 Å². The van der Waals surface area contributed by atoms with Crippen LogP contribution in [0.15, 0.2) is 78.9 Å². The predicted octanol–water partition coefficient (Wildman–Crippen LogP) is 6.19. The molecule has 0 radical (unpaired) electrons. The van der Waals surface area contributed by atoms with Crippen LogP contribution in [-0.4, -0.2) is 4.98 Å². The molecule has 1 aromatic heterocycles. The Hall–Kier alpha value is -2.93. The number of hydrogen-bond donors (Lipinski definition) is 0. The van der Waals surface area contributed by atoms with Crippen molar-refractivity contribution in [2.75, 3.05) is 0 Å². The average Bonchev–Trinajstić information content (AvgIpc) is 2.62. The first-order chi connectivity index (χ1) is 11.7. The molecular weight excluding hydrogens is 290 g/mol. The van der Waals surface area contributed by atoms with Gasteiger partial charge in [0.1, 0.15) is 0 Å². The molecule has 0 spiro atoms. The van der Waals surface area contributed by atoms with Crippen LogP contribution in [0.25, 0.3) is 33.3 Å². The van der Waals surface area contributed by atoms with E-state index in [9.17, 15) is 0 Å². The summed E-state index contributed by atoms with van der Waals surface area (Å²) in [5, 5.41) is 2.42. The van der Waals surface area contributed by atoms with E-state index in [1.165, 1.54) is 27.5 Å². The van der Waals surface area contributed by atoms with E-state index in [2.05, 4.69) is 92.7 Å². The highest BCUT2D eigenvalue weighted by atomic mass is 14.7. The first-order valence-corrected chi connectivity index (χ1v) is 8.25. The number of benzene rings is 3. The number of pyridine rings is 1. The molecule has 0 aliphatic carbocycles. The van der Waals surface area contributed by atoms with E-state index >= 15 is 0 Å². The molecular formula is C23H19N. The molecule has 24 heavy (non-hydrogen) atoms. The van der Waals surface area contributed by atoms with Crippen molar-refractivity contribution in [1.82, 2.24) is 4.98 Å². The molecule has 4 aromatic rings. The second kappa shape index (κ2) is 5.93. The smallest absolute Gasteiger partial charge is 0.0787 e. The number of fused-ring (bicyclic) bond motifs is 1. The lowest BCUT2D eigenvalue weighted by Crippen LogP contribution is -1.92. The fourth-order valence-electron chi connectivity index (χ4n) is 3.13. The van der Waals surface area contributed by atoms with Gasteiger partial charge >= 0.3 is 0 Å². The maximum atomic E-state index is 5.03. The lowest BCUT2D eigenvalue weighted by Gasteiger charge is -2.12. The normalized spacial score (nSPS) is 10.9. The summed E-state index contributed by atoms with van der Waals surface area (Å²) in [5.41, 5.74) is 6.94. The molecule has 0 fully saturated rings. The van der Waals surface area contributed by atoms with E-state index in [1.807, 2.05) is 0 Å². The third-order valence-electron chi connectivity index (χ3n) is 4.49. The minimum atomic E-state index is 1.03. The molecule has 0 aliphatic rings. The maximum Gasteiger partial charge on any atom is 0.0787 e. The summed E-state index contributed by atoms with van der Waals surface area (Å²) in [6.45, 7) is 4.25. The number of rotatable bonds is 2. The highest BCUT2D eigenvalue weighted by Crippen LogP contribution is 2.32. The number of aromatic nitrogens is 1. The molecule has 0 N–H and O–H groups in total. The fourth-order valence-corrected chi connectivity index (χ4v) is 3.13. The second-order valence-corrected chi connectivity index (χ2v) is 6.26. The largest absolute Gasteiger partial charge is 0.247 e. The van der Waals surface area contributed by atoms with Crippen LogP contribution in [0.2, 0.25) is 0 Å². The lowest BCUT2D eigenvalue weighted by molar-refractivity contribution is 1.32. The number of nitrogens with zero attached hydrogens (tertiary/aromatic N) is 1. The Morgan fingerprint density at radius 1 is 0.708 bits per heavy atom. The molecule has 1 heteroatoms. The topological polar surface area (TPSA) is 12.9 Å². The monoisotopic (exact) mass is 309 g/mol. The summed E-state index contributed by atoms with van der Waals surface area (Å²) >= 11 is 0. The Morgan fingerprint density at radius 2 is 1.42 bits per heavy atom. The zero-order valence-corrected chi connectivity index (χ0v) is 14.0. The van der Waals surface area contributed by atoms with E-state index in [4.69, 9.17) is 4.98 Å². The van der Waals surface area contributed by atoms with Crippen LogP contribution in [0, 0.1) is 13.8 Å². The number of hydrogen-bond acceptors (Lipinski definition) is 1. The summed E-state index contributed by atoms with van der Waals surface area (Å²) < 4.78 is 0. The molecule has 4 rings (SSSR count). The third-order valence-corrected chi connectivity index (χ3v) is 4.49. The highest BCUT2D eigenvalue weighted by Gasteiger charge is 2.10. The lowest BCUT2D eigenvalue weighted by atomic mass is 9.99. The molecule has 116 valence electrons. The summed E-state index contributed by atoms with van der Waals surface area (Å²) in [6, 6.07) is 27.7. The minimum Gasteiger partial charge on any atom is -0.247 e. The van der Waals surface area contributed by atoms with E-state index < -0.39 is 0 Å². The van der Waals surface area contributed by atoms with Crippen molar-refractivity contribution in [3.63, 3.8) is 0 Å². The minimum absolute atomic E-state index is 1.03. The van der Waals surface area contributed by atoms with Gasteiger partial charge in [0.2, 0.25) is 0 Å². The molecule has 0 aliphatic heterocycles. The number of aryl methyl sites for hydroxylation is 2. The zero-order chi connectivity index (χ0) is 16.5. The van der Waals surface area contributed by atoms with Gasteiger partial charge in [0.15, 0.2) is 0 Å². The molecule has 0 amide bonds. The Balaban J connectivity index is 2.01. The summed E-state index contributed by atoms with van der Waals surface area (Å²) in [5.74, 6) is 0.